The summed E-state index contributed by atoms with van der Waals surface area (Å²) in [4.78, 5) is 29.5. The Bertz CT molecular complexity index is 1400. The number of carbonyl (C=O) groups excluding carboxylic acids is 2. The Morgan fingerprint density at radius 1 is 0.780 bits per heavy atom. The van der Waals surface area contributed by atoms with Gasteiger partial charge in [0.2, 0.25) is 5.91 Å². The molecule has 0 aliphatic carbocycles. The molecule has 4 aromatic carbocycles. The Balaban J connectivity index is 1.41. The van der Waals surface area contributed by atoms with Gasteiger partial charge in [0.25, 0.3) is 0 Å². The Hall–Kier alpha value is -3.83. The minimum atomic E-state index is -0.819. The molecule has 0 radical (unpaired) electrons. The summed E-state index contributed by atoms with van der Waals surface area (Å²) in [6, 6.07) is 40.6. The highest BCUT2D eigenvalue weighted by atomic mass is 32.2. The molecule has 2 amide bonds. The molecule has 3 atom stereocenters. The number of thioether (sulfide) groups is 1. The molecule has 210 valence electrons. The van der Waals surface area contributed by atoms with E-state index in [4.69, 9.17) is 4.74 Å². The van der Waals surface area contributed by atoms with Gasteiger partial charge in [0.05, 0.1) is 5.54 Å². The van der Waals surface area contributed by atoms with Gasteiger partial charge >= 0.3 is 6.09 Å². The first kappa shape index (κ1) is 28.7. The van der Waals surface area contributed by atoms with Crippen LogP contribution < -0.4 is 0 Å². The third-order valence-corrected chi connectivity index (χ3v) is 9.14. The van der Waals surface area contributed by atoms with E-state index in [-0.39, 0.29) is 11.8 Å². The van der Waals surface area contributed by atoms with Crippen LogP contribution in [-0.2, 0) is 28.1 Å². The summed E-state index contributed by atoms with van der Waals surface area (Å²) >= 11 is 1.75. The Morgan fingerprint density at radius 3 is 1.88 bits per heavy atom. The second-order valence-electron chi connectivity index (χ2n) is 10.9. The van der Waals surface area contributed by atoms with Crippen LogP contribution in [-0.4, -0.2) is 28.2 Å². The standard InChI is InChI=1S/C36H37NO3S/c1-36(25-24-29-16-8-3-9-17-29)33(31-20-12-5-13-21-31)40-35(39)37(36)34(38)32(23-22-28-14-6-2-7-15-28)27-41-26-30-18-10-4-11-19-30/h2-21,32-33H,22-27H2,1H3/t32-,33-,36+/m1/s1. The van der Waals surface area contributed by atoms with E-state index in [2.05, 4.69) is 36.4 Å². The van der Waals surface area contributed by atoms with Crippen molar-refractivity contribution in [2.24, 2.45) is 5.92 Å². The zero-order valence-corrected chi connectivity index (χ0v) is 24.3. The molecule has 1 saturated heterocycles. The van der Waals surface area contributed by atoms with Crippen LogP contribution in [0, 0.1) is 5.92 Å². The largest absolute Gasteiger partial charge is 0.438 e. The smallest absolute Gasteiger partial charge is 0.417 e. The molecule has 0 N–H and O–H groups in total. The van der Waals surface area contributed by atoms with Crippen molar-refractivity contribution < 1.29 is 14.3 Å². The van der Waals surface area contributed by atoms with Gasteiger partial charge in [-0.2, -0.15) is 11.8 Å². The highest BCUT2D eigenvalue weighted by Crippen LogP contribution is 2.45. The third kappa shape index (κ3) is 7.09. The van der Waals surface area contributed by atoms with Crippen molar-refractivity contribution in [2.75, 3.05) is 5.75 Å². The van der Waals surface area contributed by atoms with E-state index < -0.39 is 17.7 Å². The monoisotopic (exact) mass is 563 g/mol. The average Bonchev–Trinajstić information content (AvgIpc) is 3.29. The van der Waals surface area contributed by atoms with Gasteiger partial charge in [0.15, 0.2) is 6.10 Å². The predicted octanol–water partition coefficient (Wildman–Crippen LogP) is 8.28. The summed E-state index contributed by atoms with van der Waals surface area (Å²) in [5.74, 6) is 0.996. The second kappa shape index (κ2) is 13.7. The van der Waals surface area contributed by atoms with E-state index >= 15 is 0 Å². The number of benzene rings is 4. The molecule has 1 aliphatic rings. The lowest BCUT2D eigenvalue weighted by Gasteiger charge is -2.36. The van der Waals surface area contributed by atoms with Gasteiger partial charge in [0.1, 0.15) is 0 Å². The fourth-order valence-corrected chi connectivity index (χ4v) is 6.77. The van der Waals surface area contributed by atoms with Crippen LogP contribution in [0.4, 0.5) is 4.79 Å². The number of aryl methyl sites for hydroxylation is 2. The van der Waals surface area contributed by atoms with Crippen molar-refractivity contribution in [3.63, 3.8) is 0 Å². The van der Waals surface area contributed by atoms with Gasteiger partial charge in [-0.3, -0.25) is 4.79 Å². The molecule has 0 bridgehead atoms. The lowest BCUT2D eigenvalue weighted by molar-refractivity contribution is -0.135. The normalized spacial score (nSPS) is 19.1. The van der Waals surface area contributed by atoms with Gasteiger partial charge in [0, 0.05) is 17.4 Å². The number of hydrogen-bond acceptors (Lipinski definition) is 4. The maximum Gasteiger partial charge on any atom is 0.417 e. The number of amides is 2. The van der Waals surface area contributed by atoms with E-state index in [1.54, 1.807) is 11.8 Å². The fraction of sp³-hybridized carbons (Fsp3) is 0.278. The van der Waals surface area contributed by atoms with Crippen molar-refractivity contribution >= 4 is 23.8 Å². The van der Waals surface area contributed by atoms with Crippen LogP contribution in [0.25, 0.3) is 0 Å². The zero-order chi connectivity index (χ0) is 28.5. The number of carbonyl (C=O) groups is 2. The molecule has 5 rings (SSSR count). The van der Waals surface area contributed by atoms with Crippen LogP contribution in [0.1, 0.15) is 48.1 Å². The van der Waals surface area contributed by atoms with Gasteiger partial charge in [-0.15, -0.1) is 0 Å². The quantitative estimate of drug-likeness (QED) is 0.174. The summed E-state index contributed by atoms with van der Waals surface area (Å²) in [5.41, 5.74) is 3.68. The van der Waals surface area contributed by atoms with Crippen molar-refractivity contribution in [3.05, 3.63) is 144 Å². The maximum atomic E-state index is 14.4. The van der Waals surface area contributed by atoms with Crippen LogP contribution in [0.15, 0.2) is 121 Å². The first-order valence-electron chi connectivity index (χ1n) is 14.3. The molecule has 0 spiro atoms. The molecule has 1 aliphatic heterocycles. The maximum absolute atomic E-state index is 14.4. The topological polar surface area (TPSA) is 46.6 Å². The van der Waals surface area contributed by atoms with E-state index in [1.807, 2.05) is 91.9 Å². The lowest BCUT2D eigenvalue weighted by Crippen LogP contribution is -2.52. The molecule has 1 fully saturated rings. The molecule has 0 saturated carbocycles. The number of cyclic esters (lactones) is 1. The molecule has 4 nitrogen and oxygen atoms in total. The zero-order valence-electron chi connectivity index (χ0n) is 23.5. The fourth-order valence-electron chi connectivity index (χ4n) is 5.63. The molecular formula is C36H37NO3S. The number of ether oxygens (including phenoxy) is 1. The number of hydrogen-bond donors (Lipinski definition) is 0. The minimum Gasteiger partial charge on any atom is -0.438 e. The lowest BCUT2D eigenvalue weighted by atomic mass is 9.82. The van der Waals surface area contributed by atoms with Gasteiger partial charge in [-0.05, 0) is 54.9 Å². The van der Waals surface area contributed by atoms with Crippen LogP contribution >= 0.6 is 11.8 Å². The Labute approximate surface area is 247 Å². The highest BCUT2D eigenvalue weighted by Gasteiger charge is 2.55. The van der Waals surface area contributed by atoms with Crippen LogP contribution in [0.2, 0.25) is 0 Å². The number of rotatable bonds is 12. The molecule has 4 aromatic rings. The van der Waals surface area contributed by atoms with Crippen molar-refractivity contribution in [1.29, 1.82) is 0 Å². The SMILES string of the molecule is C[C@]1(CCc2ccccc2)[C@@H](c2ccccc2)OC(=O)N1C(=O)[C@H](CCc1ccccc1)CSCc1ccccc1. The second-order valence-corrected chi connectivity index (χ2v) is 11.9. The molecule has 0 aromatic heterocycles. The molecular weight excluding hydrogens is 526 g/mol. The van der Waals surface area contributed by atoms with Gasteiger partial charge in [-0.25, -0.2) is 9.69 Å². The molecule has 1 heterocycles. The van der Waals surface area contributed by atoms with Crippen molar-refractivity contribution in [1.82, 2.24) is 4.90 Å². The summed E-state index contributed by atoms with van der Waals surface area (Å²) in [7, 11) is 0. The van der Waals surface area contributed by atoms with E-state index in [0.29, 0.717) is 18.6 Å². The van der Waals surface area contributed by atoms with Gasteiger partial charge in [-0.1, -0.05) is 121 Å². The Morgan fingerprint density at radius 2 is 1.29 bits per heavy atom. The first-order chi connectivity index (χ1) is 20.0. The van der Waals surface area contributed by atoms with Crippen molar-refractivity contribution in [3.8, 4) is 0 Å². The molecule has 5 heteroatoms. The van der Waals surface area contributed by atoms with E-state index in [0.717, 1.165) is 24.2 Å². The van der Waals surface area contributed by atoms with Crippen LogP contribution in [0.5, 0.6) is 0 Å². The van der Waals surface area contributed by atoms with E-state index in [9.17, 15) is 9.59 Å². The number of imide groups is 1. The minimum absolute atomic E-state index is 0.138. The van der Waals surface area contributed by atoms with Crippen molar-refractivity contribution in [2.45, 2.75) is 50.0 Å². The molecule has 41 heavy (non-hydrogen) atoms. The number of nitrogens with zero attached hydrogens (tertiary/aromatic N) is 1. The summed E-state index contributed by atoms with van der Waals surface area (Å²) in [6.45, 7) is 2.02. The summed E-state index contributed by atoms with van der Waals surface area (Å²) in [5, 5.41) is 0. The predicted molar refractivity (Wildman–Crippen MR) is 167 cm³/mol. The average molecular weight is 564 g/mol. The van der Waals surface area contributed by atoms with Gasteiger partial charge < -0.3 is 4.74 Å². The third-order valence-electron chi connectivity index (χ3n) is 7.97. The Kier molecular flexibility index (Phi) is 9.58. The van der Waals surface area contributed by atoms with E-state index in [1.165, 1.54) is 21.6 Å². The summed E-state index contributed by atoms with van der Waals surface area (Å²) in [6.07, 6.45) is 1.70. The summed E-state index contributed by atoms with van der Waals surface area (Å²) < 4.78 is 6.03. The highest BCUT2D eigenvalue weighted by molar-refractivity contribution is 7.98. The first-order valence-corrected chi connectivity index (χ1v) is 15.5. The van der Waals surface area contributed by atoms with Crippen LogP contribution in [0.3, 0.4) is 0 Å². The molecule has 0 unspecified atom stereocenters.